The van der Waals surface area contributed by atoms with Crippen LogP contribution in [0.1, 0.15) is 35.6 Å². The summed E-state index contributed by atoms with van der Waals surface area (Å²) in [5.74, 6) is 0. The number of aliphatic hydroxyl groups is 1. The summed E-state index contributed by atoms with van der Waals surface area (Å²) in [6, 6.07) is 2.25. The van der Waals surface area contributed by atoms with Crippen molar-refractivity contribution in [3.8, 4) is 0 Å². The van der Waals surface area contributed by atoms with Crippen molar-refractivity contribution in [1.29, 1.82) is 0 Å². The number of aryl methyl sites for hydroxylation is 2. The van der Waals surface area contributed by atoms with E-state index in [1.54, 1.807) is 0 Å². The lowest BCUT2D eigenvalue weighted by Gasteiger charge is -2.23. The monoisotopic (exact) mass is 198 g/mol. The van der Waals surface area contributed by atoms with Crippen LogP contribution in [0.5, 0.6) is 0 Å². The third kappa shape index (κ3) is 2.32. The van der Waals surface area contributed by atoms with Crippen molar-refractivity contribution in [2.75, 3.05) is 6.61 Å². The summed E-state index contributed by atoms with van der Waals surface area (Å²) in [6.45, 7) is 8.94. The van der Waals surface area contributed by atoms with Crippen molar-refractivity contribution < 1.29 is 5.11 Å². The van der Waals surface area contributed by atoms with Crippen LogP contribution in [-0.2, 0) is 5.41 Å². The van der Waals surface area contributed by atoms with E-state index in [-0.39, 0.29) is 12.0 Å². The van der Waals surface area contributed by atoms with Gasteiger partial charge in [-0.15, -0.1) is 11.3 Å². The Morgan fingerprint density at radius 3 is 2.38 bits per heavy atom. The first kappa shape index (κ1) is 10.7. The molecule has 1 N–H and O–H groups in total. The summed E-state index contributed by atoms with van der Waals surface area (Å²) < 4.78 is 0. The van der Waals surface area contributed by atoms with Gasteiger partial charge in [-0.25, -0.2) is 0 Å². The van der Waals surface area contributed by atoms with Crippen molar-refractivity contribution in [3.63, 3.8) is 0 Å². The van der Waals surface area contributed by atoms with Crippen molar-refractivity contribution >= 4 is 11.3 Å². The van der Waals surface area contributed by atoms with Crippen molar-refractivity contribution in [3.05, 3.63) is 21.4 Å². The van der Waals surface area contributed by atoms with Crippen LogP contribution in [0.15, 0.2) is 6.07 Å². The van der Waals surface area contributed by atoms with Gasteiger partial charge in [-0.2, -0.15) is 0 Å². The Morgan fingerprint density at radius 1 is 1.38 bits per heavy atom. The van der Waals surface area contributed by atoms with Crippen LogP contribution in [0.25, 0.3) is 0 Å². The van der Waals surface area contributed by atoms with E-state index in [1.807, 2.05) is 11.3 Å². The number of thiophene rings is 1. The fourth-order valence-corrected chi connectivity index (χ4v) is 2.82. The fraction of sp³-hybridized carbons (Fsp3) is 0.636. The first-order valence-electron chi connectivity index (χ1n) is 4.66. The van der Waals surface area contributed by atoms with Crippen LogP contribution in [0.3, 0.4) is 0 Å². The minimum absolute atomic E-state index is 0.115. The zero-order valence-electron chi connectivity index (χ0n) is 8.85. The van der Waals surface area contributed by atoms with Gasteiger partial charge in [0.15, 0.2) is 0 Å². The normalized spacial score (nSPS) is 12.1. The average Bonchev–Trinajstić information content (AvgIpc) is 2.30. The van der Waals surface area contributed by atoms with Crippen LogP contribution in [0.4, 0.5) is 0 Å². The van der Waals surface area contributed by atoms with Gasteiger partial charge in [0.25, 0.3) is 0 Å². The highest BCUT2D eigenvalue weighted by atomic mass is 32.1. The van der Waals surface area contributed by atoms with Crippen molar-refractivity contribution in [2.45, 2.75) is 39.5 Å². The summed E-state index contributed by atoms with van der Waals surface area (Å²) in [7, 11) is 0. The largest absolute Gasteiger partial charge is 0.396 e. The molecule has 0 fully saturated rings. The Balaban J connectivity index is 2.98. The predicted molar refractivity (Wildman–Crippen MR) is 58.5 cm³/mol. The lowest BCUT2D eigenvalue weighted by Crippen LogP contribution is -2.18. The summed E-state index contributed by atoms with van der Waals surface area (Å²) >= 11 is 1.84. The number of aliphatic hydroxyl groups excluding tert-OH is 1. The maximum atomic E-state index is 8.96. The quantitative estimate of drug-likeness (QED) is 0.791. The Hall–Kier alpha value is -0.340. The van der Waals surface area contributed by atoms with Gasteiger partial charge in [-0.1, -0.05) is 13.8 Å². The van der Waals surface area contributed by atoms with Crippen LogP contribution >= 0.6 is 11.3 Å². The molecule has 0 aliphatic heterocycles. The average molecular weight is 198 g/mol. The maximum absolute atomic E-state index is 8.96. The standard InChI is InChI=1S/C11H18OS/c1-8-7-10(9(2)13-8)11(3,4)5-6-12/h7,12H,5-6H2,1-4H3. The maximum Gasteiger partial charge on any atom is 0.0439 e. The van der Waals surface area contributed by atoms with E-state index >= 15 is 0 Å². The number of hydrogen-bond acceptors (Lipinski definition) is 2. The molecule has 0 aliphatic rings. The van der Waals surface area contributed by atoms with Gasteiger partial charge in [-0.05, 0) is 37.3 Å². The van der Waals surface area contributed by atoms with Gasteiger partial charge in [0.05, 0.1) is 0 Å². The molecule has 0 aliphatic carbocycles. The molecule has 0 unspecified atom stereocenters. The molecule has 1 rings (SSSR count). The van der Waals surface area contributed by atoms with Crippen LogP contribution < -0.4 is 0 Å². The molecule has 0 radical (unpaired) electrons. The second kappa shape index (κ2) is 3.81. The minimum Gasteiger partial charge on any atom is -0.396 e. The lowest BCUT2D eigenvalue weighted by molar-refractivity contribution is 0.252. The van der Waals surface area contributed by atoms with Gasteiger partial charge in [-0.3, -0.25) is 0 Å². The SMILES string of the molecule is Cc1cc(C(C)(C)CCO)c(C)s1. The smallest absolute Gasteiger partial charge is 0.0439 e. The first-order chi connectivity index (χ1) is 5.97. The summed E-state index contributed by atoms with van der Waals surface area (Å²) in [5.41, 5.74) is 1.51. The third-order valence-corrected chi connectivity index (χ3v) is 3.47. The Labute approximate surface area is 84.4 Å². The van der Waals surface area contributed by atoms with E-state index in [1.165, 1.54) is 15.3 Å². The van der Waals surface area contributed by atoms with Crippen molar-refractivity contribution in [1.82, 2.24) is 0 Å². The van der Waals surface area contributed by atoms with Gasteiger partial charge in [0.1, 0.15) is 0 Å². The van der Waals surface area contributed by atoms with E-state index in [0.29, 0.717) is 0 Å². The number of rotatable bonds is 3. The van der Waals surface area contributed by atoms with E-state index in [9.17, 15) is 0 Å². The van der Waals surface area contributed by atoms with Crippen molar-refractivity contribution in [2.24, 2.45) is 0 Å². The summed E-state index contributed by atoms with van der Waals surface area (Å²) in [5, 5.41) is 8.96. The first-order valence-corrected chi connectivity index (χ1v) is 5.47. The molecular weight excluding hydrogens is 180 g/mol. The van der Waals surface area contributed by atoms with Crippen LogP contribution in [0.2, 0.25) is 0 Å². The van der Waals surface area contributed by atoms with E-state index in [2.05, 4.69) is 33.8 Å². The summed E-state index contributed by atoms with van der Waals surface area (Å²) in [4.78, 5) is 2.74. The number of hydrogen-bond donors (Lipinski definition) is 1. The lowest BCUT2D eigenvalue weighted by atomic mass is 9.82. The van der Waals surface area contributed by atoms with E-state index < -0.39 is 0 Å². The Morgan fingerprint density at radius 2 is 2.00 bits per heavy atom. The fourth-order valence-electron chi connectivity index (χ4n) is 1.72. The highest BCUT2D eigenvalue weighted by Gasteiger charge is 2.23. The van der Waals surface area contributed by atoms with Gasteiger partial charge in [0, 0.05) is 16.4 Å². The molecule has 0 atom stereocenters. The minimum atomic E-state index is 0.115. The molecule has 0 amide bonds. The zero-order valence-corrected chi connectivity index (χ0v) is 9.66. The summed E-state index contributed by atoms with van der Waals surface area (Å²) in [6.07, 6.45) is 0.837. The van der Waals surface area contributed by atoms with Crippen LogP contribution in [0, 0.1) is 13.8 Å². The van der Waals surface area contributed by atoms with Gasteiger partial charge < -0.3 is 5.11 Å². The molecule has 0 aromatic carbocycles. The molecule has 1 heterocycles. The van der Waals surface area contributed by atoms with E-state index in [4.69, 9.17) is 5.11 Å². The van der Waals surface area contributed by atoms with Crippen LogP contribution in [-0.4, -0.2) is 11.7 Å². The van der Waals surface area contributed by atoms with Gasteiger partial charge in [0.2, 0.25) is 0 Å². The molecule has 0 saturated carbocycles. The molecule has 1 aromatic rings. The Kier molecular flexibility index (Phi) is 3.14. The molecule has 0 saturated heterocycles. The highest BCUT2D eigenvalue weighted by molar-refractivity contribution is 7.12. The molecule has 2 heteroatoms. The molecular formula is C11H18OS. The molecule has 74 valence electrons. The third-order valence-electron chi connectivity index (χ3n) is 2.51. The molecule has 1 nitrogen and oxygen atoms in total. The molecule has 13 heavy (non-hydrogen) atoms. The molecule has 0 spiro atoms. The highest BCUT2D eigenvalue weighted by Crippen LogP contribution is 2.34. The zero-order chi connectivity index (χ0) is 10.1. The second-order valence-corrected chi connectivity index (χ2v) is 5.64. The van der Waals surface area contributed by atoms with E-state index in [0.717, 1.165) is 6.42 Å². The predicted octanol–water partition coefficient (Wildman–Crippen LogP) is 3.02. The molecule has 0 bridgehead atoms. The Bertz CT molecular complexity index is 286. The van der Waals surface area contributed by atoms with Gasteiger partial charge >= 0.3 is 0 Å². The topological polar surface area (TPSA) is 20.2 Å². The molecule has 1 aromatic heterocycles. The second-order valence-electron chi connectivity index (χ2n) is 4.18.